The van der Waals surface area contributed by atoms with Gasteiger partial charge >= 0.3 is 5.97 Å². The minimum atomic E-state index is -1.25. The van der Waals surface area contributed by atoms with Gasteiger partial charge in [0.1, 0.15) is 6.04 Å². The van der Waals surface area contributed by atoms with Crippen molar-refractivity contribution in [1.29, 1.82) is 0 Å². The van der Waals surface area contributed by atoms with Gasteiger partial charge in [0, 0.05) is 13.1 Å². The van der Waals surface area contributed by atoms with Crippen LogP contribution < -0.4 is 0 Å². The fourth-order valence-corrected chi connectivity index (χ4v) is 3.06. The van der Waals surface area contributed by atoms with Gasteiger partial charge in [0.2, 0.25) is 0 Å². The summed E-state index contributed by atoms with van der Waals surface area (Å²) in [7, 11) is 0. The van der Waals surface area contributed by atoms with Gasteiger partial charge in [0.25, 0.3) is 5.89 Å². The van der Waals surface area contributed by atoms with Crippen molar-refractivity contribution >= 4 is 5.97 Å². The molecular formula is C17H21N3O4. The van der Waals surface area contributed by atoms with Crippen LogP contribution in [-0.4, -0.2) is 45.8 Å². The predicted molar refractivity (Wildman–Crippen MR) is 84.9 cm³/mol. The summed E-state index contributed by atoms with van der Waals surface area (Å²) >= 11 is 0. The second-order valence-electron chi connectivity index (χ2n) is 5.96. The monoisotopic (exact) mass is 331 g/mol. The normalized spacial score (nSPS) is 22.5. The van der Waals surface area contributed by atoms with Gasteiger partial charge < -0.3 is 14.4 Å². The fourth-order valence-electron chi connectivity index (χ4n) is 3.06. The summed E-state index contributed by atoms with van der Waals surface area (Å²) < 4.78 is 10.4. The third-order valence-electron chi connectivity index (χ3n) is 4.19. The van der Waals surface area contributed by atoms with Crippen LogP contribution in [0.4, 0.5) is 0 Å². The summed E-state index contributed by atoms with van der Waals surface area (Å²) in [6.07, 6.45) is 0.414. The topological polar surface area (TPSA) is 88.7 Å². The van der Waals surface area contributed by atoms with Crippen LogP contribution in [0.2, 0.25) is 0 Å². The molecule has 0 unspecified atom stereocenters. The molecule has 1 N–H and O–H groups in total. The van der Waals surface area contributed by atoms with Crippen LogP contribution in [0.1, 0.15) is 36.7 Å². The van der Waals surface area contributed by atoms with E-state index in [4.69, 9.17) is 9.26 Å². The Morgan fingerprint density at radius 2 is 2.21 bits per heavy atom. The molecule has 0 amide bonds. The lowest BCUT2D eigenvalue weighted by Crippen LogP contribution is -2.37. The lowest BCUT2D eigenvalue weighted by molar-refractivity contribution is -0.149. The largest absolute Gasteiger partial charge is 0.465 e. The summed E-state index contributed by atoms with van der Waals surface area (Å²) in [5, 5.41) is 14.6. The van der Waals surface area contributed by atoms with Crippen molar-refractivity contribution in [3.63, 3.8) is 0 Å². The number of aliphatic hydroxyl groups is 1. The first-order valence-corrected chi connectivity index (χ1v) is 8.02. The Balaban J connectivity index is 1.86. The quantitative estimate of drug-likeness (QED) is 0.832. The number of esters is 1. The molecule has 7 nitrogen and oxygen atoms in total. The molecule has 1 aromatic carbocycles. The molecule has 7 heteroatoms. The summed E-state index contributed by atoms with van der Waals surface area (Å²) in [5.74, 6) is 0.342. The molecule has 1 fully saturated rings. The number of aromatic nitrogens is 2. The highest BCUT2D eigenvalue weighted by atomic mass is 16.5. The third kappa shape index (κ3) is 3.18. The molecule has 0 bridgehead atoms. The molecule has 0 saturated carbocycles. The van der Waals surface area contributed by atoms with E-state index in [1.54, 1.807) is 13.8 Å². The van der Waals surface area contributed by atoms with Crippen LogP contribution in [0.15, 0.2) is 34.9 Å². The van der Waals surface area contributed by atoms with Crippen LogP contribution in [0.25, 0.3) is 0 Å². The molecule has 1 aromatic heterocycles. The summed E-state index contributed by atoms with van der Waals surface area (Å²) in [6, 6.07) is 8.86. The van der Waals surface area contributed by atoms with E-state index in [-0.39, 0.29) is 18.4 Å². The number of likely N-dealkylation sites (tertiary alicyclic amines) is 1. The van der Waals surface area contributed by atoms with Gasteiger partial charge in [0.15, 0.2) is 11.4 Å². The van der Waals surface area contributed by atoms with Crippen LogP contribution >= 0.6 is 0 Å². The predicted octanol–water partition coefficient (Wildman–Crippen LogP) is 1.58. The average molecular weight is 331 g/mol. The highest BCUT2D eigenvalue weighted by Crippen LogP contribution is 2.36. The van der Waals surface area contributed by atoms with Gasteiger partial charge in [0.05, 0.1) is 6.61 Å². The first-order valence-electron chi connectivity index (χ1n) is 8.02. The maximum atomic E-state index is 12.5. The number of ether oxygens (including phenoxy) is 1. The number of hydrogen-bond donors (Lipinski definition) is 1. The Kier molecular flexibility index (Phi) is 4.64. The third-order valence-corrected chi connectivity index (χ3v) is 4.19. The van der Waals surface area contributed by atoms with Gasteiger partial charge in [-0.05, 0) is 25.8 Å². The molecule has 3 rings (SSSR count). The molecule has 2 aromatic rings. The smallest absolute Gasteiger partial charge is 0.328 e. The van der Waals surface area contributed by atoms with Crippen molar-refractivity contribution in [1.82, 2.24) is 15.0 Å². The van der Waals surface area contributed by atoms with Crippen molar-refractivity contribution in [3.8, 4) is 0 Å². The molecule has 1 aliphatic heterocycles. The minimum Gasteiger partial charge on any atom is -0.465 e. The first kappa shape index (κ1) is 16.6. The van der Waals surface area contributed by atoms with Gasteiger partial charge in [-0.3, -0.25) is 4.90 Å². The Hall–Kier alpha value is -2.25. The number of carbonyl (C=O) groups excluding carboxylic acids is 1. The van der Waals surface area contributed by atoms with E-state index < -0.39 is 11.6 Å². The number of carbonyl (C=O) groups is 1. The standard InChI is InChI=1S/C17H21N3O4/c1-3-23-15(21)14(13-7-5-4-6-8-13)20-10-9-17(22,11-20)16-18-12(2)19-24-16/h4-8,14,22H,3,9-11H2,1-2H3/t14-,17+/m1/s1. The maximum absolute atomic E-state index is 12.5. The molecule has 0 spiro atoms. The molecule has 2 heterocycles. The first-order chi connectivity index (χ1) is 11.5. The molecule has 128 valence electrons. The van der Waals surface area contributed by atoms with Gasteiger partial charge in [-0.2, -0.15) is 4.98 Å². The van der Waals surface area contributed by atoms with Crippen molar-refractivity contribution in [2.75, 3.05) is 19.7 Å². The summed E-state index contributed by atoms with van der Waals surface area (Å²) in [5.41, 5.74) is -0.414. The lowest BCUT2D eigenvalue weighted by Gasteiger charge is -2.27. The molecular weight excluding hydrogens is 310 g/mol. The van der Waals surface area contributed by atoms with Crippen LogP contribution in [0, 0.1) is 6.92 Å². The average Bonchev–Trinajstić information content (AvgIpc) is 3.17. The molecule has 0 radical (unpaired) electrons. The zero-order valence-electron chi connectivity index (χ0n) is 13.8. The molecule has 1 saturated heterocycles. The molecule has 2 atom stereocenters. The van der Waals surface area contributed by atoms with Crippen molar-refractivity contribution < 1.29 is 19.2 Å². The number of β-amino-alcohol motifs (C(OH)–C–C–N with tert-alkyl or cyclic N) is 1. The summed E-state index contributed by atoms with van der Waals surface area (Å²) in [4.78, 5) is 18.5. The Labute approximate surface area is 140 Å². The van der Waals surface area contributed by atoms with Gasteiger partial charge in [-0.1, -0.05) is 35.5 Å². The van der Waals surface area contributed by atoms with E-state index in [0.717, 1.165) is 5.56 Å². The van der Waals surface area contributed by atoms with Crippen LogP contribution in [0.5, 0.6) is 0 Å². The van der Waals surface area contributed by atoms with Crippen molar-refractivity contribution in [3.05, 3.63) is 47.6 Å². The highest BCUT2D eigenvalue weighted by molar-refractivity contribution is 5.77. The SMILES string of the molecule is CCOC(=O)[C@@H](c1ccccc1)N1CC[C@@](O)(c2nc(C)no2)C1. The van der Waals surface area contributed by atoms with E-state index in [2.05, 4.69) is 10.1 Å². The number of nitrogens with zero attached hydrogens (tertiary/aromatic N) is 3. The number of benzene rings is 1. The molecule has 24 heavy (non-hydrogen) atoms. The number of hydrogen-bond acceptors (Lipinski definition) is 7. The second kappa shape index (κ2) is 6.70. The van der Waals surface area contributed by atoms with Crippen molar-refractivity contribution in [2.24, 2.45) is 0 Å². The van der Waals surface area contributed by atoms with Crippen molar-refractivity contribution in [2.45, 2.75) is 31.9 Å². The van der Waals surface area contributed by atoms with E-state index in [9.17, 15) is 9.90 Å². The van der Waals surface area contributed by atoms with E-state index in [0.29, 0.717) is 25.4 Å². The van der Waals surface area contributed by atoms with Gasteiger partial charge in [-0.25, -0.2) is 4.79 Å². The van der Waals surface area contributed by atoms with Crippen LogP contribution in [-0.2, 0) is 15.1 Å². The Morgan fingerprint density at radius 1 is 1.46 bits per heavy atom. The number of aryl methyl sites for hydroxylation is 1. The van der Waals surface area contributed by atoms with E-state index in [1.807, 2.05) is 35.2 Å². The molecule has 0 aliphatic carbocycles. The Bertz CT molecular complexity index is 703. The zero-order valence-corrected chi connectivity index (χ0v) is 13.8. The summed E-state index contributed by atoms with van der Waals surface area (Å²) in [6.45, 7) is 4.54. The zero-order chi connectivity index (χ0) is 17.2. The fraction of sp³-hybridized carbons (Fsp3) is 0.471. The minimum absolute atomic E-state index is 0.193. The Morgan fingerprint density at radius 3 is 2.83 bits per heavy atom. The second-order valence-corrected chi connectivity index (χ2v) is 5.96. The maximum Gasteiger partial charge on any atom is 0.328 e. The van der Waals surface area contributed by atoms with E-state index in [1.165, 1.54) is 0 Å². The number of rotatable bonds is 5. The lowest BCUT2D eigenvalue weighted by atomic mass is 10.0. The van der Waals surface area contributed by atoms with Gasteiger partial charge in [-0.15, -0.1) is 0 Å². The van der Waals surface area contributed by atoms with Crippen LogP contribution in [0.3, 0.4) is 0 Å². The highest BCUT2D eigenvalue weighted by Gasteiger charge is 2.46. The van der Waals surface area contributed by atoms with E-state index >= 15 is 0 Å². The molecule has 1 aliphatic rings.